The van der Waals surface area contributed by atoms with E-state index in [9.17, 15) is 4.79 Å². The van der Waals surface area contributed by atoms with Crippen LogP contribution in [-0.2, 0) is 0 Å². The first-order chi connectivity index (χ1) is 8.91. The number of hydrogen-bond donors (Lipinski definition) is 1. The van der Waals surface area contributed by atoms with Crippen molar-refractivity contribution >= 4 is 17.6 Å². The first kappa shape index (κ1) is 13.5. The van der Waals surface area contributed by atoms with E-state index in [1.807, 2.05) is 39.0 Å². The molecule has 100 valence electrons. The lowest BCUT2D eigenvalue weighted by Crippen LogP contribution is -2.09. The number of carboxylic acids is 1. The number of hydrogen-bond acceptors (Lipinski definition) is 3. The van der Waals surface area contributed by atoms with Crippen molar-refractivity contribution in [1.29, 1.82) is 0 Å². The maximum atomic E-state index is 11.2. The Morgan fingerprint density at radius 3 is 2.63 bits per heavy atom. The largest absolute Gasteiger partial charge is 0.476 e. The Morgan fingerprint density at radius 2 is 2.11 bits per heavy atom. The molecule has 0 fully saturated rings. The highest BCUT2D eigenvalue weighted by molar-refractivity contribution is 6.32. The highest BCUT2D eigenvalue weighted by Crippen LogP contribution is 2.26. The summed E-state index contributed by atoms with van der Waals surface area (Å²) in [7, 11) is 0. The van der Waals surface area contributed by atoms with Crippen molar-refractivity contribution in [1.82, 2.24) is 15.0 Å². The summed E-state index contributed by atoms with van der Waals surface area (Å²) in [5.74, 6) is -1.11. The van der Waals surface area contributed by atoms with Gasteiger partial charge in [-0.1, -0.05) is 36.7 Å². The van der Waals surface area contributed by atoms with Crippen LogP contribution >= 0.6 is 11.6 Å². The molecule has 0 saturated heterocycles. The van der Waals surface area contributed by atoms with Crippen molar-refractivity contribution in [2.45, 2.75) is 26.7 Å². The van der Waals surface area contributed by atoms with Crippen molar-refractivity contribution in [3.63, 3.8) is 0 Å². The number of aryl methyl sites for hydroxylation is 1. The third-order valence-electron chi connectivity index (χ3n) is 2.79. The van der Waals surface area contributed by atoms with E-state index < -0.39 is 5.97 Å². The fraction of sp³-hybridized carbons (Fsp3) is 0.308. The maximum absolute atomic E-state index is 11.2. The van der Waals surface area contributed by atoms with Gasteiger partial charge in [0.05, 0.1) is 16.4 Å². The average molecular weight is 280 g/mol. The summed E-state index contributed by atoms with van der Waals surface area (Å²) in [6, 6.07) is 5.51. The lowest BCUT2D eigenvalue weighted by atomic mass is 10.1. The van der Waals surface area contributed by atoms with Gasteiger partial charge in [-0.15, -0.1) is 5.10 Å². The smallest absolute Gasteiger partial charge is 0.358 e. The number of halogens is 1. The van der Waals surface area contributed by atoms with Gasteiger partial charge in [-0.05, 0) is 30.5 Å². The molecule has 0 aliphatic carbocycles. The predicted molar refractivity (Wildman–Crippen MR) is 72.2 cm³/mol. The molecule has 19 heavy (non-hydrogen) atoms. The molecule has 1 heterocycles. The van der Waals surface area contributed by atoms with Gasteiger partial charge >= 0.3 is 5.97 Å². The number of aromatic carboxylic acids is 1. The summed E-state index contributed by atoms with van der Waals surface area (Å²) in [5, 5.41) is 17.3. The Bertz CT molecular complexity index is 635. The molecule has 0 bridgehead atoms. The molecule has 2 aromatic rings. The lowest BCUT2D eigenvalue weighted by Gasteiger charge is -2.11. The predicted octanol–water partition coefficient (Wildman–Crippen LogP) is 3.05. The fourth-order valence-electron chi connectivity index (χ4n) is 1.92. The summed E-state index contributed by atoms with van der Waals surface area (Å²) in [6.07, 6.45) is 0. The zero-order chi connectivity index (χ0) is 14.2. The molecular weight excluding hydrogens is 266 g/mol. The molecule has 0 aliphatic rings. The van der Waals surface area contributed by atoms with E-state index in [4.69, 9.17) is 16.7 Å². The summed E-state index contributed by atoms with van der Waals surface area (Å²) < 4.78 is 1.50. The molecule has 5 nitrogen and oxygen atoms in total. The van der Waals surface area contributed by atoms with Crippen LogP contribution < -0.4 is 0 Å². The molecule has 0 aliphatic heterocycles. The summed E-state index contributed by atoms with van der Waals surface area (Å²) in [5.41, 5.74) is 2.17. The van der Waals surface area contributed by atoms with E-state index in [0.717, 1.165) is 5.56 Å². The van der Waals surface area contributed by atoms with Gasteiger partial charge in [0.25, 0.3) is 0 Å². The highest BCUT2D eigenvalue weighted by atomic mass is 35.5. The summed E-state index contributed by atoms with van der Waals surface area (Å²) >= 11 is 6.19. The molecular formula is C13H14ClN3O2. The highest BCUT2D eigenvalue weighted by Gasteiger charge is 2.23. The third kappa shape index (κ3) is 2.46. The number of aromatic nitrogens is 3. The van der Waals surface area contributed by atoms with E-state index in [-0.39, 0.29) is 11.6 Å². The molecule has 0 atom stereocenters. The average Bonchev–Trinajstić information content (AvgIpc) is 2.73. The fourth-order valence-corrected chi connectivity index (χ4v) is 2.24. The Balaban J connectivity index is 2.65. The first-order valence-electron chi connectivity index (χ1n) is 5.87. The summed E-state index contributed by atoms with van der Waals surface area (Å²) in [4.78, 5) is 11.2. The van der Waals surface area contributed by atoms with Gasteiger partial charge in [0.1, 0.15) is 0 Å². The van der Waals surface area contributed by atoms with Crippen LogP contribution in [0.5, 0.6) is 0 Å². The number of nitrogens with zero attached hydrogens (tertiary/aromatic N) is 3. The molecule has 0 saturated carbocycles. The second-order valence-electron chi connectivity index (χ2n) is 4.65. The van der Waals surface area contributed by atoms with Gasteiger partial charge in [0, 0.05) is 0 Å². The molecule has 0 radical (unpaired) electrons. The lowest BCUT2D eigenvalue weighted by molar-refractivity contribution is 0.0688. The molecule has 2 rings (SSSR count). The Morgan fingerprint density at radius 1 is 1.42 bits per heavy atom. The van der Waals surface area contributed by atoms with Crippen LogP contribution in [0.3, 0.4) is 0 Å². The van der Waals surface area contributed by atoms with Gasteiger partial charge in [0.15, 0.2) is 5.69 Å². The Hall–Kier alpha value is -1.88. The minimum Gasteiger partial charge on any atom is -0.476 e. The number of carboxylic acid groups (broad SMARTS) is 1. The number of rotatable bonds is 3. The van der Waals surface area contributed by atoms with Crippen LogP contribution in [-0.4, -0.2) is 26.1 Å². The molecule has 0 spiro atoms. The molecule has 1 N–H and O–H groups in total. The van der Waals surface area contributed by atoms with Crippen molar-refractivity contribution in [2.75, 3.05) is 0 Å². The van der Waals surface area contributed by atoms with Gasteiger partial charge in [-0.25, -0.2) is 9.48 Å². The second kappa shape index (κ2) is 5.01. The molecule has 1 aromatic heterocycles. The quantitative estimate of drug-likeness (QED) is 0.937. The standard InChI is InChI=1S/C13H14ClN3O2/c1-7(2)12-11(13(18)19)15-16-17(12)10-5-4-8(3)6-9(10)14/h4-7H,1-3H3,(H,18,19). The zero-order valence-corrected chi connectivity index (χ0v) is 11.6. The van der Waals surface area contributed by atoms with E-state index in [0.29, 0.717) is 16.4 Å². The van der Waals surface area contributed by atoms with Crippen LogP contribution in [0, 0.1) is 6.92 Å². The van der Waals surface area contributed by atoms with Crippen molar-refractivity contribution in [3.05, 3.63) is 40.2 Å². The first-order valence-corrected chi connectivity index (χ1v) is 6.25. The molecule has 0 unspecified atom stereocenters. The SMILES string of the molecule is Cc1ccc(-n2nnc(C(=O)O)c2C(C)C)c(Cl)c1. The van der Waals surface area contributed by atoms with E-state index in [1.165, 1.54) is 4.68 Å². The van der Waals surface area contributed by atoms with Crippen LogP contribution in [0.1, 0.15) is 41.5 Å². The van der Waals surface area contributed by atoms with Crippen molar-refractivity contribution in [2.24, 2.45) is 0 Å². The normalized spacial score (nSPS) is 11.0. The van der Waals surface area contributed by atoms with Gasteiger partial charge in [-0.2, -0.15) is 0 Å². The van der Waals surface area contributed by atoms with Gasteiger partial charge in [0.2, 0.25) is 0 Å². The monoisotopic (exact) mass is 279 g/mol. The Labute approximate surface area is 115 Å². The topological polar surface area (TPSA) is 68.0 Å². The van der Waals surface area contributed by atoms with Crippen LogP contribution in [0.4, 0.5) is 0 Å². The molecule has 0 amide bonds. The minimum absolute atomic E-state index is 0.0292. The van der Waals surface area contributed by atoms with Crippen LogP contribution in [0.15, 0.2) is 18.2 Å². The maximum Gasteiger partial charge on any atom is 0.358 e. The Kier molecular flexibility index (Phi) is 3.57. The van der Waals surface area contributed by atoms with Gasteiger partial charge in [-0.3, -0.25) is 0 Å². The van der Waals surface area contributed by atoms with Crippen LogP contribution in [0.25, 0.3) is 5.69 Å². The number of benzene rings is 1. The third-order valence-corrected chi connectivity index (χ3v) is 3.09. The zero-order valence-electron chi connectivity index (χ0n) is 10.9. The molecule has 1 aromatic carbocycles. The van der Waals surface area contributed by atoms with E-state index in [1.54, 1.807) is 0 Å². The van der Waals surface area contributed by atoms with E-state index >= 15 is 0 Å². The van der Waals surface area contributed by atoms with Gasteiger partial charge < -0.3 is 5.11 Å². The minimum atomic E-state index is -1.09. The summed E-state index contributed by atoms with van der Waals surface area (Å²) in [6.45, 7) is 5.72. The number of carbonyl (C=O) groups is 1. The van der Waals surface area contributed by atoms with Crippen molar-refractivity contribution < 1.29 is 9.90 Å². The van der Waals surface area contributed by atoms with Crippen molar-refractivity contribution in [3.8, 4) is 5.69 Å². The second-order valence-corrected chi connectivity index (χ2v) is 5.06. The molecule has 6 heteroatoms. The van der Waals surface area contributed by atoms with Crippen LogP contribution in [0.2, 0.25) is 5.02 Å². The van der Waals surface area contributed by atoms with E-state index in [2.05, 4.69) is 10.3 Å².